The molecule has 0 saturated carbocycles. The number of carbonyl (C=O) groups is 1. The lowest BCUT2D eigenvalue weighted by Gasteiger charge is -2.28. The van der Waals surface area contributed by atoms with E-state index in [1.807, 2.05) is 18.2 Å². The monoisotopic (exact) mass is 491 g/mol. The van der Waals surface area contributed by atoms with Gasteiger partial charge in [0.25, 0.3) is 5.91 Å². The van der Waals surface area contributed by atoms with Crippen molar-refractivity contribution in [2.45, 2.75) is 44.3 Å². The summed E-state index contributed by atoms with van der Waals surface area (Å²) in [5, 5.41) is 18.5. The summed E-state index contributed by atoms with van der Waals surface area (Å²) in [4.78, 5) is 21.4. The number of anilines is 3. The third-order valence-electron chi connectivity index (χ3n) is 5.57. The summed E-state index contributed by atoms with van der Waals surface area (Å²) in [5.41, 5.74) is 2.31. The molecular formula is C23H27F2N5O3S. The van der Waals surface area contributed by atoms with Crippen LogP contribution in [0.1, 0.15) is 30.6 Å². The van der Waals surface area contributed by atoms with E-state index in [0.717, 1.165) is 15.9 Å². The van der Waals surface area contributed by atoms with Gasteiger partial charge in [0.1, 0.15) is 18.2 Å². The van der Waals surface area contributed by atoms with Crippen molar-refractivity contribution in [2.24, 2.45) is 0 Å². The van der Waals surface area contributed by atoms with Gasteiger partial charge < -0.3 is 25.8 Å². The van der Waals surface area contributed by atoms with E-state index in [0.29, 0.717) is 18.1 Å². The van der Waals surface area contributed by atoms with Gasteiger partial charge in [-0.05, 0) is 32.0 Å². The molecule has 3 atom stereocenters. The van der Waals surface area contributed by atoms with Crippen molar-refractivity contribution in [3.63, 3.8) is 0 Å². The Morgan fingerprint density at radius 1 is 1.35 bits per heavy atom. The normalized spacial score (nSPS) is 19.6. The fraction of sp³-hybridized carbons (Fsp3) is 0.435. The number of nitrogens with zero attached hydrogens (tertiary/aromatic N) is 2. The summed E-state index contributed by atoms with van der Waals surface area (Å²) in [6.07, 6.45) is -1.21. The SMILES string of the molecule is CC(C)(O)C(F)CNC(=O)c1cnc(Nc2ccc3ncsc3c2)cc1NC1COCCC1F. The number of thiazole rings is 1. The number of aromatic nitrogens is 2. The lowest BCUT2D eigenvalue weighted by Crippen LogP contribution is -2.43. The van der Waals surface area contributed by atoms with Crippen LogP contribution in [-0.4, -0.2) is 64.7 Å². The van der Waals surface area contributed by atoms with Crippen LogP contribution >= 0.6 is 11.3 Å². The Morgan fingerprint density at radius 3 is 2.94 bits per heavy atom. The smallest absolute Gasteiger partial charge is 0.255 e. The minimum absolute atomic E-state index is 0.129. The summed E-state index contributed by atoms with van der Waals surface area (Å²) in [6.45, 7) is 2.76. The Balaban J connectivity index is 1.57. The van der Waals surface area contributed by atoms with Crippen LogP contribution in [0.3, 0.4) is 0 Å². The minimum atomic E-state index is -1.66. The number of amides is 1. The van der Waals surface area contributed by atoms with Crippen molar-refractivity contribution in [3.8, 4) is 0 Å². The van der Waals surface area contributed by atoms with Crippen LogP contribution in [0.25, 0.3) is 10.2 Å². The molecule has 1 saturated heterocycles. The molecule has 8 nitrogen and oxygen atoms in total. The second-order valence-electron chi connectivity index (χ2n) is 8.74. The van der Waals surface area contributed by atoms with Crippen LogP contribution in [0, 0.1) is 0 Å². The molecule has 3 aromatic rings. The molecular weight excluding hydrogens is 464 g/mol. The molecule has 0 spiro atoms. The van der Waals surface area contributed by atoms with Gasteiger partial charge in [-0.15, -0.1) is 11.3 Å². The van der Waals surface area contributed by atoms with E-state index in [1.54, 1.807) is 11.6 Å². The first-order chi connectivity index (χ1) is 16.2. The second kappa shape index (κ2) is 10.2. The molecule has 4 N–H and O–H groups in total. The zero-order valence-corrected chi connectivity index (χ0v) is 19.7. The molecule has 182 valence electrons. The van der Waals surface area contributed by atoms with E-state index in [4.69, 9.17) is 4.74 Å². The molecule has 1 aromatic carbocycles. The highest BCUT2D eigenvalue weighted by Gasteiger charge is 2.29. The van der Waals surface area contributed by atoms with E-state index in [2.05, 4.69) is 25.9 Å². The fourth-order valence-corrected chi connectivity index (χ4v) is 4.19. The number of aliphatic hydroxyl groups is 1. The number of hydrogen-bond donors (Lipinski definition) is 4. The number of ether oxygens (including phenoxy) is 1. The van der Waals surface area contributed by atoms with Gasteiger partial charge >= 0.3 is 0 Å². The average molecular weight is 492 g/mol. The molecule has 4 rings (SSSR count). The molecule has 34 heavy (non-hydrogen) atoms. The van der Waals surface area contributed by atoms with Crippen LogP contribution in [0.15, 0.2) is 36.0 Å². The Bertz CT molecular complexity index is 1150. The Labute approximate surface area is 199 Å². The lowest BCUT2D eigenvalue weighted by molar-refractivity contribution is -0.00178. The van der Waals surface area contributed by atoms with Crippen molar-refractivity contribution in [1.29, 1.82) is 0 Å². The fourth-order valence-electron chi connectivity index (χ4n) is 3.48. The standard InChI is InChI=1S/C23H27F2N5O3S/c1-23(2,32)20(25)10-27-22(31)14-9-26-21(8-17(14)30-18-11-33-6-5-15(18)24)29-13-3-4-16-19(7-13)34-12-28-16/h3-4,7-9,12,15,18,20,32H,5-6,10-11H2,1-2H3,(H,27,31)(H2,26,29,30). The van der Waals surface area contributed by atoms with Gasteiger partial charge in [0, 0.05) is 31.0 Å². The van der Waals surface area contributed by atoms with E-state index < -0.39 is 29.9 Å². The van der Waals surface area contributed by atoms with Gasteiger partial charge in [0.2, 0.25) is 0 Å². The first-order valence-electron chi connectivity index (χ1n) is 10.9. The van der Waals surface area contributed by atoms with E-state index in [9.17, 15) is 18.7 Å². The molecule has 2 aromatic heterocycles. The summed E-state index contributed by atoms with van der Waals surface area (Å²) >= 11 is 1.51. The van der Waals surface area contributed by atoms with Crippen molar-refractivity contribution < 1.29 is 23.4 Å². The summed E-state index contributed by atoms with van der Waals surface area (Å²) in [5.74, 6) is -0.151. The van der Waals surface area contributed by atoms with Crippen molar-refractivity contribution in [3.05, 3.63) is 41.5 Å². The van der Waals surface area contributed by atoms with Gasteiger partial charge in [-0.2, -0.15) is 0 Å². The number of halogens is 2. The maximum atomic E-state index is 14.5. The highest BCUT2D eigenvalue weighted by molar-refractivity contribution is 7.16. The molecule has 0 radical (unpaired) electrons. The largest absolute Gasteiger partial charge is 0.387 e. The number of nitrogens with one attached hydrogen (secondary N) is 3. The molecule has 3 unspecified atom stereocenters. The number of benzene rings is 1. The summed E-state index contributed by atoms with van der Waals surface area (Å²) in [7, 11) is 0. The summed E-state index contributed by atoms with van der Waals surface area (Å²) < 4.78 is 35.0. The second-order valence-corrected chi connectivity index (χ2v) is 9.62. The number of alkyl halides is 2. The lowest BCUT2D eigenvalue weighted by atomic mass is 10.0. The van der Waals surface area contributed by atoms with Crippen molar-refractivity contribution in [2.75, 3.05) is 30.4 Å². The first-order valence-corrected chi connectivity index (χ1v) is 11.8. The van der Waals surface area contributed by atoms with Gasteiger partial charge in [-0.1, -0.05) is 0 Å². The number of pyridine rings is 1. The number of hydrogen-bond acceptors (Lipinski definition) is 8. The highest BCUT2D eigenvalue weighted by Crippen LogP contribution is 2.27. The first kappa shape index (κ1) is 24.2. The van der Waals surface area contributed by atoms with Gasteiger partial charge in [-0.3, -0.25) is 4.79 Å². The van der Waals surface area contributed by atoms with E-state index in [-0.39, 0.29) is 25.1 Å². The van der Waals surface area contributed by atoms with Crippen LogP contribution in [-0.2, 0) is 4.74 Å². The van der Waals surface area contributed by atoms with Crippen molar-refractivity contribution in [1.82, 2.24) is 15.3 Å². The van der Waals surface area contributed by atoms with E-state index >= 15 is 0 Å². The Hall–Kier alpha value is -2.89. The maximum Gasteiger partial charge on any atom is 0.255 e. The molecule has 1 aliphatic heterocycles. The Morgan fingerprint density at radius 2 is 2.18 bits per heavy atom. The quantitative estimate of drug-likeness (QED) is 0.379. The van der Waals surface area contributed by atoms with Crippen molar-refractivity contribution >= 4 is 44.7 Å². The van der Waals surface area contributed by atoms with E-state index in [1.165, 1.54) is 31.4 Å². The molecule has 1 amide bonds. The third kappa shape index (κ3) is 5.78. The van der Waals surface area contributed by atoms with Crippen LogP contribution in [0.4, 0.5) is 26.0 Å². The zero-order valence-electron chi connectivity index (χ0n) is 18.8. The molecule has 3 heterocycles. The molecule has 11 heteroatoms. The highest BCUT2D eigenvalue weighted by atomic mass is 32.1. The molecule has 1 aliphatic rings. The molecule has 0 bridgehead atoms. The van der Waals surface area contributed by atoms with Gasteiger partial charge in [-0.25, -0.2) is 18.7 Å². The topological polar surface area (TPSA) is 108 Å². The third-order valence-corrected chi connectivity index (χ3v) is 6.37. The Kier molecular flexibility index (Phi) is 7.24. The van der Waals surface area contributed by atoms with Gasteiger partial charge in [0.05, 0.1) is 51.8 Å². The van der Waals surface area contributed by atoms with Gasteiger partial charge in [0.15, 0.2) is 0 Å². The van der Waals surface area contributed by atoms with Crippen LogP contribution in [0.2, 0.25) is 0 Å². The average Bonchev–Trinajstić information content (AvgIpc) is 3.26. The molecule has 0 aliphatic carbocycles. The van der Waals surface area contributed by atoms with Crippen LogP contribution < -0.4 is 16.0 Å². The summed E-state index contributed by atoms with van der Waals surface area (Å²) in [6, 6.07) is 6.65. The molecule has 1 fully saturated rings. The van der Waals surface area contributed by atoms with Crippen LogP contribution in [0.5, 0.6) is 0 Å². The number of fused-ring (bicyclic) bond motifs is 1. The number of carbonyl (C=O) groups excluding carboxylic acids is 1. The maximum absolute atomic E-state index is 14.5. The number of rotatable bonds is 8. The zero-order chi connectivity index (χ0) is 24.3. The predicted octanol–water partition coefficient (Wildman–Crippen LogP) is 3.81. The predicted molar refractivity (Wildman–Crippen MR) is 128 cm³/mol. The minimum Gasteiger partial charge on any atom is -0.387 e.